The number of hydrogen-bond acceptors (Lipinski definition) is 3. The lowest BCUT2D eigenvalue weighted by atomic mass is 10.1. The van der Waals surface area contributed by atoms with Gasteiger partial charge in [0.1, 0.15) is 0 Å². The maximum absolute atomic E-state index is 12.6. The monoisotopic (exact) mass is 307 g/mol. The van der Waals surface area contributed by atoms with E-state index in [2.05, 4.69) is 29.0 Å². The third kappa shape index (κ3) is 2.74. The lowest BCUT2D eigenvalue weighted by Gasteiger charge is -2.15. The summed E-state index contributed by atoms with van der Waals surface area (Å²) >= 11 is 0. The third-order valence-corrected chi connectivity index (χ3v) is 5.08. The minimum Gasteiger partial charge on any atom is -0.332 e. The second-order valence-electron chi connectivity index (χ2n) is 6.85. The molecule has 1 aliphatic carbocycles. The number of pyridine rings is 2. The highest BCUT2D eigenvalue weighted by molar-refractivity contribution is 5.77. The van der Waals surface area contributed by atoms with Gasteiger partial charge >= 0.3 is 0 Å². The smallest absolute Gasteiger partial charge is 0.223 e. The van der Waals surface area contributed by atoms with E-state index in [0.29, 0.717) is 24.8 Å². The molecule has 0 spiro atoms. The Labute approximate surface area is 136 Å². The number of aromatic nitrogens is 2. The molecule has 0 aromatic carbocycles. The van der Waals surface area contributed by atoms with Gasteiger partial charge in [0, 0.05) is 31.1 Å². The Balaban J connectivity index is 1.40. The van der Waals surface area contributed by atoms with Crippen LogP contribution in [0.2, 0.25) is 0 Å². The molecule has 1 aliphatic heterocycles. The van der Waals surface area contributed by atoms with Crippen LogP contribution in [-0.2, 0) is 17.9 Å². The average molecular weight is 307 g/mol. The van der Waals surface area contributed by atoms with E-state index in [1.807, 2.05) is 24.1 Å². The SMILES string of the molecule is Cc1cc(C)c2c(n1)CN(C(=O)C[C@@H]1C[C@H]1c1cccnc1)C2. The second-order valence-corrected chi connectivity index (χ2v) is 6.85. The van der Waals surface area contributed by atoms with Crippen molar-refractivity contribution in [3.8, 4) is 0 Å². The van der Waals surface area contributed by atoms with Crippen LogP contribution in [0.3, 0.4) is 0 Å². The second kappa shape index (κ2) is 5.44. The van der Waals surface area contributed by atoms with E-state index in [1.165, 1.54) is 16.7 Å². The summed E-state index contributed by atoms with van der Waals surface area (Å²) in [6, 6.07) is 6.19. The maximum atomic E-state index is 12.6. The minimum absolute atomic E-state index is 0.261. The van der Waals surface area contributed by atoms with Crippen molar-refractivity contribution in [3.05, 3.63) is 58.7 Å². The van der Waals surface area contributed by atoms with Gasteiger partial charge in [-0.25, -0.2) is 0 Å². The van der Waals surface area contributed by atoms with Crippen LogP contribution in [0.4, 0.5) is 0 Å². The Morgan fingerprint density at radius 2 is 2.22 bits per heavy atom. The van der Waals surface area contributed by atoms with Crippen molar-refractivity contribution in [1.82, 2.24) is 14.9 Å². The zero-order valence-corrected chi connectivity index (χ0v) is 13.6. The number of aryl methyl sites for hydroxylation is 2. The predicted octanol–water partition coefficient (Wildman–Crippen LogP) is 3.13. The molecule has 2 aromatic rings. The molecular formula is C19H21N3O. The van der Waals surface area contributed by atoms with Crippen molar-refractivity contribution in [3.63, 3.8) is 0 Å². The molecule has 2 aromatic heterocycles. The summed E-state index contributed by atoms with van der Waals surface area (Å²) in [5.74, 6) is 1.25. The molecule has 1 amide bonds. The highest BCUT2D eigenvalue weighted by atomic mass is 16.2. The van der Waals surface area contributed by atoms with E-state index < -0.39 is 0 Å². The van der Waals surface area contributed by atoms with Crippen LogP contribution in [0.15, 0.2) is 30.6 Å². The number of carbonyl (C=O) groups is 1. The normalized spacial score (nSPS) is 22.1. The Morgan fingerprint density at radius 1 is 1.35 bits per heavy atom. The van der Waals surface area contributed by atoms with Gasteiger partial charge in [-0.1, -0.05) is 6.07 Å². The highest BCUT2D eigenvalue weighted by Crippen LogP contribution is 2.49. The van der Waals surface area contributed by atoms with Crippen LogP contribution in [0.25, 0.3) is 0 Å². The van der Waals surface area contributed by atoms with E-state index in [-0.39, 0.29) is 5.91 Å². The molecule has 0 bridgehead atoms. The van der Waals surface area contributed by atoms with Gasteiger partial charge in [-0.05, 0) is 60.9 Å². The topological polar surface area (TPSA) is 46.1 Å². The molecule has 1 saturated carbocycles. The Bertz CT molecular complexity index is 757. The van der Waals surface area contributed by atoms with Gasteiger partial charge in [0.15, 0.2) is 0 Å². The zero-order chi connectivity index (χ0) is 16.0. The first-order valence-corrected chi connectivity index (χ1v) is 8.25. The molecule has 4 heteroatoms. The molecule has 23 heavy (non-hydrogen) atoms. The van der Waals surface area contributed by atoms with Gasteiger partial charge in [0.25, 0.3) is 0 Å². The number of hydrogen-bond donors (Lipinski definition) is 0. The Morgan fingerprint density at radius 3 is 3.00 bits per heavy atom. The number of rotatable bonds is 3. The van der Waals surface area contributed by atoms with Crippen LogP contribution >= 0.6 is 0 Å². The van der Waals surface area contributed by atoms with Crippen molar-refractivity contribution in [2.75, 3.05) is 0 Å². The standard InChI is InChI=1S/C19H21N3O/c1-12-6-13(2)21-18-11-22(10-17(12)18)19(23)8-15-7-16(15)14-4-3-5-20-9-14/h3-6,9,15-16H,7-8,10-11H2,1-2H3/t15-,16-/m0/s1. The summed E-state index contributed by atoms with van der Waals surface area (Å²) in [5.41, 5.74) is 5.87. The first-order chi connectivity index (χ1) is 11.1. The fourth-order valence-electron chi connectivity index (χ4n) is 3.72. The highest BCUT2D eigenvalue weighted by Gasteiger charge is 2.41. The molecule has 0 unspecified atom stereocenters. The van der Waals surface area contributed by atoms with Crippen molar-refractivity contribution in [2.45, 2.75) is 45.7 Å². The molecule has 2 aliphatic rings. The Kier molecular flexibility index (Phi) is 3.40. The van der Waals surface area contributed by atoms with Crippen LogP contribution in [0.5, 0.6) is 0 Å². The van der Waals surface area contributed by atoms with Gasteiger partial charge in [-0.15, -0.1) is 0 Å². The third-order valence-electron chi connectivity index (χ3n) is 5.08. The molecule has 118 valence electrons. The van der Waals surface area contributed by atoms with E-state index >= 15 is 0 Å². The summed E-state index contributed by atoms with van der Waals surface area (Å²) in [6.45, 7) is 5.51. The summed E-state index contributed by atoms with van der Waals surface area (Å²) in [4.78, 5) is 23.4. The molecule has 4 nitrogen and oxygen atoms in total. The van der Waals surface area contributed by atoms with Gasteiger partial charge in [0.05, 0.1) is 12.2 Å². The predicted molar refractivity (Wildman–Crippen MR) is 87.7 cm³/mol. The summed E-state index contributed by atoms with van der Waals surface area (Å²) < 4.78 is 0. The van der Waals surface area contributed by atoms with Gasteiger partial charge in [-0.3, -0.25) is 14.8 Å². The number of nitrogens with zero attached hydrogens (tertiary/aromatic N) is 3. The van der Waals surface area contributed by atoms with Gasteiger partial charge in [0.2, 0.25) is 5.91 Å². The van der Waals surface area contributed by atoms with Crippen molar-refractivity contribution >= 4 is 5.91 Å². The fourth-order valence-corrected chi connectivity index (χ4v) is 3.72. The van der Waals surface area contributed by atoms with Crippen molar-refractivity contribution in [2.24, 2.45) is 5.92 Å². The summed E-state index contributed by atoms with van der Waals surface area (Å²) in [7, 11) is 0. The molecule has 4 rings (SSSR count). The van der Waals surface area contributed by atoms with Crippen LogP contribution in [0.1, 0.15) is 46.8 Å². The van der Waals surface area contributed by atoms with Crippen LogP contribution in [0, 0.1) is 19.8 Å². The zero-order valence-electron chi connectivity index (χ0n) is 13.6. The largest absolute Gasteiger partial charge is 0.332 e. The lowest BCUT2D eigenvalue weighted by Crippen LogP contribution is -2.25. The molecule has 0 radical (unpaired) electrons. The van der Waals surface area contributed by atoms with Crippen LogP contribution in [-0.4, -0.2) is 20.8 Å². The van der Waals surface area contributed by atoms with E-state index in [9.17, 15) is 4.79 Å². The van der Waals surface area contributed by atoms with Crippen LogP contribution < -0.4 is 0 Å². The minimum atomic E-state index is 0.261. The van der Waals surface area contributed by atoms with E-state index in [1.54, 1.807) is 6.20 Å². The molecule has 0 N–H and O–H groups in total. The van der Waals surface area contributed by atoms with Crippen molar-refractivity contribution in [1.29, 1.82) is 0 Å². The first-order valence-electron chi connectivity index (χ1n) is 8.25. The summed E-state index contributed by atoms with van der Waals surface area (Å²) in [5, 5.41) is 0. The molecule has 2 atom stereocenters. The quantitative estimate of drug-likeness (QED) is 0.875. The average Bonchev–Trinajstić information content (AvgIpc) is 3.15. The molecule has 3 heterocycles. The van der Waals surface area contributed by atoms with Crippen molar-refractivity contribution < 1.29 is 4.79 Å². The van der Waals surface area contributed by atoms with Gasteiger partial charge in [-0.2, -0.15) is 0 Å². The number of carbonyl (C=O) groups excluding carboxylic acids is 1. The molecule has 0 saturated heterocycles. The maximum Gasteiger partial charge on any atom is 0.223 e. The number of amides is 1. The molecular weight excluding hydrogens is 286 g/mol. The summed E-state index contributed by atoms with van der Waals surface area (Å²) in [6.07, 6.45) is 5.47. The lowest BCUT2D eigenvalue weighted by molar-refractivity contribution is -0.132. The number of fused-ring (bicyclic) bond motifs is 1. The molecule has 1 fully saturated rings. The Hall–Kier alpha value is -2.23. The van der Waals surface area contributed by atoms with E-state index in [4.69, 9.17) is 0 Å². The van der Waals surface area contributed by atoms with Gasteiger partial charge < -0.3 is 4.90 Å². The van der Waals surface area contributed by atoms with E-state index in [0.717, 1.165) is 24.4 Å². The fraction of sp³-hybridized carbons (Fsp3) is 0.421. The first kappa shape index (κ1) is 14.4.